The number of nitrogens with one attached hydrogen (secondary N) is 2. The molecule has 0 unspecified atom stereocenters. The zero-order valence-corrected chi connectivity index (χ0v) is 34.1. The Hall–Kier alpha value is -6.08. The molecule has 3 aromatic rings. The van der Waals surface area contributed by atoms with Crippen molar-refractivity contribution in [1.29, 1.82) is 5.26 Å². The van der Waals surface area contributed by atoms with Gasteiger partial charge >= 0.3 is 0 Å². The zero-order chi connectivity index (χ0) is 42.1. The van der Waals surface area contributed by atoms with Gasteiger partial charge in [-0.2, -0.15) is 5.26 Å². The van der Waals surface area contributed by atoms with E-state index in [1.165, 1.54) is 0 Å². The van der Waals surface area contributed by atoms with Crippen LogP contribution in [0, 0.1) is 17.2 Å². The van der Waals surface area contributed by atoms with Crippen molar-refractivity contribution in [3.8, 4) is 23.3 Å². The molecule has 2 N–H and O–H groups in total. The van der Waals surface area contributed by atoms with Crippen LogP contribution in [0.5, 0.6) is 17.2 Å². The quantitative estimate of drug-likeness (QED) is 0.222. The molecule has 0 bridgehead atoms. The van der Waals surface area contributed by atoms with Crippen LogP contribution in [0.25, 0.3) is 0 Å². The van der Waals surface area contributed by atoms with Crippen LogP contribution in [0.3, 0.4) is 0 Å². The van der Waals surface area contributed by atoms with Gasteiger partial charge in [-0.25, -0.2) is 9.97 Å². The fourth-order valence-corrected chi connectivity index (χ4v) is 8.88. The van der Waals surface area contributed by atoms with Crippen LogP contribution in [-0.4, -0.2) is 112 Å². The second kappa shape index (κ2) is 17.3. The molecule has 1 aromatic heterocycles. The number of rotatable bonds is 14. The summed E-state index contributed by atoms with van der Waals surface area (Å²) in [5.74, 6) is 0.422. The van der Waals surface area contributed by atoms with Crippen LogP contribution >= 0.6 is 0 Å². The van der Waals surface area contributed by atoms with Crippen LogP contribution in [0.1, 0.15) is 109 Å². The molecule has 2 aromatic carbocycles. The highest BCUT2D eigenvalue weighted by Gasteiger charge is 2.45. The average Bonchev–Trinajstić information content (AvgIpc) is 3.45. The van der Waals surface area contributed by atoms with Crippen LogP contribution in [0.4, 0.5) is 5.95 Å². The van der Waals surface area contributed by atoms with Crippen LogP contribution in [0.2, 0.25) is 0 Å². The minimum absolute atomic E-state index is 0.0185. The first-order valence-electron chi connectivity index (χ1n) is 21.0. The van der Waals surface area contributed by atoms with E-state index in [1.807, 2.05) is 6.92 Å². The molecule has 0 radical (unpaired) electrons. The summed E-state index contributed by atoms with van der Waals surface area (Å²) in [5.41, 5.74) is 1.34. The first kappa shape index (κ1) is 40.7. The Morgan fingerprint density at radius 1 is 0.933 bits per heavy atom. The smallest absolute Gasteiger partial charge is 0.262 e. The van der Waals surface area contributed by atoms with Crippen molar-refractivity contribution in [2.45, 2.75) is 109 Å². The van der Waals surface area contributed by atoms with Gasteiger partial charge < -0.3 is 24.4 Å². The topological polar surface area (TPSA) is 196 Å². The maximum Gasteiger partial charge on any atom is 0.262 e. The molecule has 16 nitrogen and oxygen atoms in total. The highest BCUT2D eigenvalue weighted by atomic mass is 16.5. The summed E-state index contributed by atoms with van der Waals surface area (Å²) in [6.45, 7) is 9.30. The summed E-state index contributed by atoms with van der Waals surface area (Å²) in [5, 5.41) is 14.7. The van der Waals surface area contributed by atoms with Gasteiger partial charge in [0.05, 0.1) is 35.0 Å². The van der Waals surface area contributed by atoms with Crippen molar-refractivity contribution < 1.29 is 38.2 Å². The van der Waals surface area contributed by atoms with Crippen LogP contribution < -0.4 is 29.7 Å². The molecule has 314 valence electrons. The van der Waals surface area contributed by atoms with E-state index in [0.717, 1.165) is 63.1 Å². The lowest BCUT2D eigenvalue weighted by Gasteiger charge is -2.48. The third-order valence-corrected chi connectivity index (χ3v) is 12.2. The number of carbonyl (C=O) groups excluding carboxylic acids is 5. The number of amides is 5. The highest BCUT2D eigenvalue weighted by Crippen LogP contribution is 2.36. The molecular weight excluding hydrogens is 769 g/mol. The van der Waals surface area contributed by atoms with Gasteiger partial charge in [-0.3, -0.25) is 39.1 Å². The molecule has 2 saturated carbocycles. The number of benzene rings is 2. The van der Waals surface area contributed by atoms with Gasteiger partial charge in [-0.1, -0.05) is 0 Å². The van der Waals surface area contributed by atoms with Crippen molar-refractivity contribution >= 4 is 35.5 Å². The minimum atomic E-state index is -1.01. The van der Waals surface area contributed by atoms with Crippen molar-refractivity contribution in [1.82, 2.24) is 30.4 Å². The molecule has 2 saturated heterocycles. The molecule has 16 heteroatoms. The SMILES string of the molecule is CCOc1cc(OC2CCC(NC(=O)c3cnc(N4CC(CN(C(C)C)C5CC(Oc6ccc7c(c6)C(=O)N([C@@H]6CCC(=O)NC6=O)C7=O)C5)C4)nc3)CC2)ccc1C#N. The summed E-state index contributed by atoms with van der Waals surface area (Å²) in [6.07, 6.45) is 8.18. The van der Waals surface area contributed by atoms with Crippen molar-refractivity contribution in [2.75, 3.05) is 31.1 Å². The van der Waals surface area contributed by atoms with Crippen molar-refractivity contribution in [2.24, 2.45) is 5.92 Å². The molecule has 8 rings (SSSR count). The Bertz CT molecular complexity index is 2190. The summed E-state index contributed by atoms with van der Waals surface area (Å²) in [7, 11) is 0. The molecule has 1 atom stereocenters. The fraction of sp³-hybridized carbons (Fsp3) is 0.500. The largest absolute Gasteiger partial charge is 0.492 e. The van der Waals surface area contributed by atoms with E-state index in [-0.39, 0.29) is 48.1 Å². The van der Waals surface area contributed by atoms with Gasteiger partial charge in [0.15, 0.2) is 0 Å². The second-order valence-electron chi connectivity index (χ2n) is 16.6. The monoisotopic (exact) mass is 818 g/mol. The lowest BCUT2D eigenvalue weighted by atomic mass is 9.85. The third kappa shape index (κ3) is 8.49. The number of nitrogens with zero attached hydrogens (tertiary/aromatic N) is 6. The number of piperidine rings is 1. The van der Waals surface area contributed by atoms with Crippen LogP contribution in [-0.2, 0) is 9.59 Å². The first-order chi connectivity index (χ1) is 29.0. The predicted molar refractivity (Wildman–Crippen MR) is 217 cm³/mol. The number of hydrogen-bond acceptors (Lipinski definition) is 13. The molecular formula is C44H50N8O8. The predicted octanol–water partition coefficient (Wildman–Crippen LogP) is 4.02. The maximum atomic E-state index is 13.2. The van der Waals surface area contributed by atoms with E-state index in [1.54, 1.807) is 48.8 Å². The third-order valence-electron chi connectivity index (χ3n) is 12.2. The van der Waals surface area contributed by atoms with Crippen LogP contribution in [0.15, 0.2) is 48.8 Å². The van der Waals surface area contributed by atoms with E-state index >= 15 is 0 Å². The number of ether oxygens (including phenoxy) is 3. The van der Waals surface area contributed by atoms with E-state index in [2.05, 4.69) is 50.3 Å². The Kier molecular flexibility index (Phi) is 11.7. The highest BCUT2D eigenvalue weighted by molar-refractivity contribution is 6.23. The lowest BCUT2D eigenvalue weighted by Crippen LogP contribution is -2.58. The zero-order valence-electron chi connectivity index (χ0n) is 34.1. The van der Waals surface area contributed by atoms with E-state index in [4.69, 9.17) is 14.2 Å². The standard InChI is InChI=1S/C44H50N8O8/c1-4-58-38-18-33(8-5-27(38)19-45)59-31-9-6-29(7-10-31)48-40(54)28-20-46-44(47-21-28)50-22-26(23-50)24-51(25(2)3)30-15-34(16-30)60-32-11-12-35-36(17-32)43(57)52(42(35)56)37-13-14-39(53)49-41(37)55/h5,8,11-12,17-18,20-21,25-26,29-31,34,37H,4,6-7,9-10,13-16,22-24H2,1-3H3,(H,48,54)(H,49,53,55)/t29?,30?,31?,34?,37-/m1/s1. The molecule has 3 aliphatic heterocycles. The molecule has 4 heterocycles. The normalized spacial score (nSPS) is 24.0. The van der Waals surface area contributed by atoms with Gasteiger partial charge in [0, 0.05) is 81.4 Å². The van der Waals surface area contributed by atoms with Gasteiger partial charge in [-0.05, 0) is 83.2 Å². The summed E-state index contributed by atoms with van der Waals surface area (Å²) in [4.78, 5) is 78.1. The fourth-order valence-electron chi connectivity index (χ4n) is 8.88. The number of carbonyl (C=O) groups is 5. The van der Waals surface area contributed by atoms with Gasteiger partial charge in [0.1, 0.15) is 35.5 Å². The van der Waals surface area contributed by atoms with E-state index < -0.39 is 29.7 Å². The first-order valence-corrected chi connectivity index (χ1v) is 21.0. The van der Waals surface area contributed by atoms with Gasteiger partial charge in [0.25, 0.3) is 17.7 Å². The lowest BCUT2D eigenvalue weighted by molar-refractivity contribution is -0.136. The number of fused-ring (bicyclic) bond motifs is 1. The summed E-state index contributed by atoms with van der Waals surface area (Å²) < 4.78 is 18.0. The Morgan fingerprint density at radius 3 is 2.30 bits per heavy atom. The molecule has 5 aliphatic rings. The molecule has 5 amide bonds. The second-order valence-corrected chi connectivity index (χ2v) is 16.6. The number of hydrogen-bond donors (Lipinski definition) is 2. The van der Waals surface area contributed by atoms with E-state index in [9.17, 15) is 29.2 Å². The molecule has 60 heavy (non-hydrogen) atoms. The minimum Gasteiger partial charge on any atom is -0.492 e. The Morgan fingerprint density at radius 2 is 1.62 bits per heavy atom. The number of anilines is 1. The molecule has 4 fully saturated rings. The number of nitriles is 1. The van der Waals surface area contributed by atoms with Gasteiger partial charge in [0.2, 0.25) is 17.8 Å². The van der Waals surface area contributed by atoms with Gasteiger partial charge in [-0.15, -0.1) is 0 Å². The molecule has 2 aliphatic carbocycles. The summed E-state index contributed by atoms with van der Waals surface area (Å²) in [6, 6.07) is 12.0. The van der Waals surface area contributed by atoms with E-state index in [0.29, 0.717) is 58.9 Å². The molecule has 0 spiro atoms. The number of aromatic nitrogens is 2. The summed E-state index contributed by atoms with van der Waals surface area (Å²) >= 11 is 0. The Labute approximate surface area is 348 Å². The maximum absolute atomic E-state index is 13.2. The van der Waals surface area contributed by atoms with Crippen molar-refractivity contribution in [3.63, 3.8) is 0 Å². The van der Waals surface area contributed by atoms with Crippen molar-refractivity contribution in [3.05, 3.63) is 71.0 Å². The Balaban J connectivity index is 0.759. The average molecular weight is 819 g/mol. The number of imide groups is 2.